The lowest BCUT2D eigenvalue weighted by molar-refractivity contribution is -0.148. The van der Waals surface area contributed by atoms with Crippen LogP contribution in [0.4, 0.5) is 16.2 Å². The number of nitrogens with one attached hydrogen (secondary N) is 1. The minimum atomic E-state index is -2.89. The van der Waals surface area contributed by atoms with E-state index in [1.807, 2.05) is 20.0 Å². The SMILES string of the molecule is C[C@@H]1[C@@H]([Si](C)(C)O)[C@H](CC(=O)N2CCC[C@H]2CO)O[C@@]12C(=O)Nc1ccc(N3CCOC3=O)cc12. The fourth-order valence-electron chi connectivity index (χ4n) is 6.52. The molecule has 1 spiro atoms. The highest BCUT2D eigenvalue weighted by atomic mass is 28.4. The molecule has 0 aromatic heterocycles. The Bertz CT molecular complexity index is 1060. The van der Waals surface area contributed by atoms with E-state index >= 15 is 0 Å². The van der Waals surface area contributed by atoms with Gasteiger partial charge in [-0.05, 0) is 44.1 Å². The molecule has 11 heteroatoms. The number of nitrogens with zero attached hydrogens (tertiary/aromatic N) is 2. The molecule has 4 aliphatic rings. The van der Waals surface area contributed by atoms with Gasteiger partial charge in [-0.3, -0.25) is 14.5 Å². The maximum Gasteiger partial charge on any atom is 0.414 e. The highest BCUT2D eigenvalue weighted by molar-refractivity contribution is 6.71. The number of hydrogen-bond acceptors (Lipinski definition) is 7. The summed E-state index contributed by atoms with van der Waals surface area (Å²) in [7, 11) is -2.89. The Morgan fingerprint density at radius 1 is 1.29 bits per heavy atom. The third kappa shape index (κ3) is 3.76. The number of cyclic esters (lactones) is 1. The first-order chi connectivity index (χ1) is 16.6. The van der Waals surface area contributed by atoms with Crippen LogP contribution in [0.1, 0.15) is 31.7 Å². The molecule has 3 saturated heterocycles. The molecular weight excluding hydrogens is 470 g/mol. The molecule has 5 rings (SSSR count). The highest BCUT2D eigenvalue weighted by Crippen LogP contribution is 2.58. The molecule has 3 fully saturated rings. The molecule has 35 heavy (non-hydrogen) atoms. The molecule has 5 atom stereocenters. The van der Waals surface area contributed by atoms with Crippen LogP contribution in [-0.2, 0) is 24.7 Å². The monoisotopic (exact) mass is 503 g/mol. The Hall–Kier alpha value is -2.47. The van der Waals surface area contributed by atoms with Crippen molar-refractivity contribution in [2.75, 3.05) is 36.5 Å². The second-order valence-electron chi connectivity index (χ2n) is 10.6. The summed E-state index contributed by atoms with van der Waals surface area (Å²) in [6, 6.07) is 5.10. The second kappa shape index (κ2) is 8.58. The van der Waals surface area contributed by atoms with Gasteiger partial charge in [0.2, 0.25) is 5.91 Å². The van der Waals surface area contributed by atoms with Crippen molar-refractivity contribution in [1.82, 2.24) is 4.90 Å². The van der Waals surface area contributed by atoms with E-state index in [1.165, 1.54) is 4.90 Å². The first-order valence-corrected chi connectivity index (χ1v) is 15.3. The van der Waals surface area contributed by atoms with Gasteiger partial charge in [0.05, 0.1) is 31.7 Å². The van der Waals surface area contributed by atoms with Crippen molar-refractivity contribution in [2.45, 2.75) is 62.6 Å². The summed E-state index contributed by atoms with van der Waals surface area (Å²) in [5, 5.41) is 12.6. The number of hydrogen-bond donors (Lipinski definition) is 3. The van der Waals surface area contributed by atoms with Gasteiger partial charge in [-0.1, -0.05) is 6.92 Å². The number of carbonyl (C=O) groups is 3. The lowest BCUT2D eigenvalue weighted by atomic mass is 9.82. The number of carbonyl (C=O) groups excluding carboxylic acids is 3. The summed E-state index contributed by atoms with van der Waals surface area (Å²) in [5.74, 6) is -0.860. The minimum Gasteiger partial charge on any atom is -0.447 e. The van der Waals surface area contributed by atoms with Crippen molar-refractivity contribution < 1.29 is 33.8 Å². The summed E-state index contributed by atoms with van der Waals surface area (Å²) in [4.78, 5) is 53.4. The molecule has 0 aliphatic carbocycles. The molecule has 0 saturated carbocycles. The molecule has 190 valence electrons. The normalized spacial score (nSPS) is 32.4. The number of aliphatic hydroxyl groups excluding tert-OH is 1. The topological polar surface area (TPSA) is 129 Å². The average molecular weight is 504 g/mol. The maximum absolute atomic E-state index is 13.5. The van der Waals surface area contributed by atoms with Gasteiger partial charge < -0.3 is 29.6 Å². The molecule has 1 aromatic rings. The minimum absolute atomic E-state index is 0.0327. The summed E-state index contributed by atoms with van der Waals surface area (Å²) in [5.41, 5.74) is 0.0657. The number of anilines is 2. The maximum atomic E-state index is 13.5. The van der Waals surface area contributed by atoms with Crippen LogP contribution in [-0.4, -0.2) is 79.5 Å². The van der Waals surface area contributed by atoms with Gasteiger partial charge in [0.15, 0.2) is 13.9 Å². The van der Waals surface area contributed by atoms with E-state index in [2.05, 4.69) is 5.32 Å². The van der Waals surface area contributed by atoms with Gasteiger partial charge in [-0.15, -0.1) is 0 Å². The van der Waals surface area contributed by atoms with Crippen LogP contribution in [0.2, 0.25) is 18.6 Å². The Morgan fingerprint density at radius 3 is 2.71 bits per heavy atom. The molecular formula is C24H33N3O7Si. The number of ether oxygens (including phenoxy) is 2. The van der Waals surface area contributed by atoms with Gasteiger partial charge in [0, 0.05) is 34.9 Å². The molecule has 3 amide bonds. The van der Waals surface area contributed by atoms with Crippen LogP contribution in [0.5, 0.6) is 0 Å². The number of rotatable bonds is 5. The number of amides is 3. The van der Waals surface area contributed by atoms with Crippen LogP contribution in [0.15, 0.2) is 18.2 Å². The highest BCUT2D eigenvalue weighted by Gasteiger charge is 2.65. The van der Waals surface area contributed by atoms with Gasteiger partial charge in [0.1, 0.15) is 6.61 Å². The van der Waals surface area contributed by atoms with E-state index in [1.54, 1.807) is 23.1 Å². The van der Waals surface area contributed by atoms with Crippen LogP contribution >= 0.6 is 0 Å². The third-order valence-corrected chi connectivity index (χ3v) is 10.6. The lowest BCUT2D eigenvalue weighted by Gasteiger charge is -2.32. The van der Waals surface area contributed by atoms with Crippen molar-refractivity contribution in [3.8, 4) is 0 Å². The molecule has 3 N–H and O–H groups in total. The van der Waals surface area contributed by atoms with Crippen molar-refractivity contribution >= 4 is 37.6 Å². The fourth-order valence-corrected chi connectivity index (χ4v) is 9.08. The van der Waals surface area contributed by atoms with Crippen LogP contribution in [0.25, 0.3) is 0 Å². The van der Waals surface area contributed by atoms with Gasteiger partial charge in [-0.25, -0.2) is 4.79 Å². The number of fused-ring (bicyclic) bond motifs is 2. The molecule has 10 nitrogen and oxygen atoms in total. The summed E-state index contributed by atoms with van der Waals surface area (Å²) in [6.07, 6.45) is 0.539. The standard InChI is InChI=1S/C24H33N3O7Si/c1-14-21(35(2,3)32)19(12-20(29)26-8-4-5-16(26)13-28)34-24(14)17-11-15(27-9-10-33-23(27)31)6-7-18(17)25-22(24)30/h6-7,11,14,16,19,21,28,32H,4-5,8-10,12-13H2,1-3H3,(H,25,30)/t14-,16+,19+,21-,24+/m1/s1. The van der Waals surface area contributed by atoms with E-state index in [-0.39, 0.29) is 36.4 Å². The first-order valence-electron chi connectivity index (χ1n) is 12.3. The van der Waals surface area contributed by atoms with Crippen LogP contribution in [0.3, 0.4) is 0 Å². The molecule has 1 aromatic carbocycles. The molecule has 0 bridgehead atoms. The van der Waals surface area contributed by atoms with E-state index in [9.17, 15) is 24.3 Å². The smallest absolute Gasteiger partial charge is 0.414 e. The van der Waals surface area contributed by atoms with Gasteiger partial charge >= 0.3 is 6.09 Å². The predicted molar refractivity (Wildman–Crippen MR) is 129 cm³/mol. The first kappa shape index (κ1) is 24.2. The lowest BCUT2D eigenvalue weighted by Crippen LogP contribution is -2.44. The third-order valence-electron chi connectivity index (χ3n) is 8.08. The van der Waals surface area contributed by atoms with Gasteiger partial charge in [0.25, 0.3) is 5.91 Å². The zero-order valence-corrected chi connectivity index (χ0v) is 21.3. The molecule has 4 heterocycles. The number of likely N-dealkylation sites (tertiary alicyclic amines) is 1. The summed E-state index contributed by atoms with van der Waals surface area (Å²) in [6.45, 7) is 6.74. The van der Waals surface area contributed by atoms with Gasteiger partial charge in [-0.2, -0.15) is 0 Å². The molecule has 0 unspecified atom stereocenters. The van der Waals surface area contributed by atoms with Crippen molar-refractivity contribution in [3.05, 3.63) is 23.8 Å². The summed E-state index contributed by atoms with van der Waals surface area (Å²) >= 11 is 0. The van der Waals surface area contributed by atoms with Crippen molar-refractivity contribution in [3.63, 3.8) is 0 Å². The Kier molecular flexibility index (Phi) is 5.94. The van der Waals surface area contributed by atoms with E-state index < -0.39 is 32.0 Å². The van der Waals surface area contributed by atoms with Crippen LogP contribution in [0, 0.1) is 5.92 Å². The van der Waals surface area contributed by atoms with Crippen LogP contribution < -0.4 is 10.2 Å². The number of aliphatic hydroxyl groups is 1. The zero-order chi connectivity index (χ0) is 25.1. The second-order valence-corrected chi connectivity index (χ2v) is 14.6. The van der Waals surface area contributed by atoms with E-state index in [0.29, 0.717) is 36.6 Å². The Labute approximate surface area is 205 Å². The Morgan fingerprint density at radius 2 is 2.06 bits per heavy atom. The zero-order valence-electron chi connectivity index (χ0n) is 20.3. The molecule has 0 radical (unpaired) electrons. The Balaban J connectivity index is 1.51. The van der Waals surface area contributed by atoms with Crippen molar-refractivity contribution in [1.29, 1.82) is 0 Å². The largest absolute Gasteiger partial charge is 0.447 e. The quantitative estimate of drug-likeness (QED) is 0.522. The fraction of sp³-hybridized carbons (Fsp3) is 0.625. The molecule has 4 aliphatic heterocycles. The predicted octanol–water partition coefficient (Wildman–Crippen LogP) is 1.77. The average Bonchev–Trinajstić information content (AvgIpc) is 3.55. The van der Waals surface area contributed by atoms with Crippen molar-refractivity contribution in [2.24, 2.45) is 5.92 Å². The van der Waals surface area contributed by atoms with E-state index in [4.69, 9.17) is 9.47 Å². The van der Waals surface area contributed by atoms with E-state index in [0.717, 1.165) is 12.8 Å². The number of benzene rings is 1. The summed E-state index contributed by atoms with van der Waals surface area (Å²) < 4.78 is 11.6.